The van der Waals surface area contributed by atoms with Crippen LogP contribution in [0.25, 0.3) is 0 Å². The maximum Gasteiger partial charge on any atom is 0.228 e. The summed E-state index contributed by atoms with van der Waals surface area (Å²) < 4.78 is 12.5. The number of anilines is 1. The summed E-state index contributed by atoms with van der Waals surface area (Å²) >= 11 is 13.7. The van der Waals surface area contributed by atoms with Gasteiger partial charge in [-0.15, -0.1) is 0 Å². The number of aromatic nitrogens is 2. The maximum absolute atomic E-state index is 9.62. The number of piperazine rings is 1. The van der Waals surface area contributed by atoms with Crippen molar-refractivity contribution in [2.24, 2.45) is 0 Å². The minimum atomic E-state index is -0.120. The number of halogens is 2. The maximum atomic E-state index is 9.62. The highest BCUT2D eigenvalue weighted by Gasteiger charge is 2.32. The van der Waals surface area contributed by atoms with Crippen molar-refractivity contribution in [2.45, 2.75) is 58.5 Å². The van der Waals surface area contributed by atoms with E-state index in [1.807, 2.05) is 0 Å². The van der Waals surface area contributed by atoms with Crippen molar-refractivity contribution in [1.82, 2.24) is 14.9 Å². The van der Waals surface area contributed by atoms with Crippen LogP contribution in [0.3, 0.4) is 0 Å². The van der Waals surface area contributed by atoms with E-state index in [1.165, 1.54) is 6.07 Å². The van der Waals surface area contributed by atoms with Gasteiger partial charge in [-0.3, -0.25) is 4.90 Å². The second-order valence-corrected chi connectivity index (χ2v) is 9.76. The largest absolute Gasteiger partial charge is 0.493 e. The van der Waals surface area contributed by atoms with Crippen molar-refractivity contribution < 1.29 is 14.6 Å². The van der Waals surface area contributed by atoms with E-state index in [-0.39, 0.29) is 12.0 Å². The molecule has 1 unspecified atom stereocenters. The van der Waals surface area contributed by atoms with Crippen molar-refractivity contribution in [3.8, 4) is 17.4 Å². The number of hydrogen-bond donors (Lipinski definition) is 1. The van der Waals surface area contributed by atoms with Gasteiger partial charge in [-0.05, 0) is 36.8 Å². The Labute approximate surface area is 212 Å². The van der Waals surface area contributed by atoms with Gasteiger partial charge in [0.1, 0.15) is 12.7 Å². The van der Waals surface area contributed by atoms with Crippen molar-refractivity contribution in [3.63, 3.8) is 0 Å². The Bertz CT molecular complexity index is 983. The van der Waals surface area contributed by atoms with Gasteiger partial charge in [0.25, 0.3) is 0 Å². The molecule has 0 amide bonds. The van der Waals surface area contributed by atoms with Gasteiger partial charge >= 0.3 is 0 Å². The summed E-state index contributed by atoms with van der Waals surface area (Å²) in [6.45, 7) is 8.80. The lowest BCUT2D eigenvalue weighted by molar-refractivity contribution is 0.0570. The minimum Gasteiger partial charge on any atom is -0.493 e. The smallest absolute Gasteiger partial charge is 0.228 e. The highest BCUT2D eigenvalue weighted by molar-refractivity contribution is 6.37. The first-order valence-corrected chi connectivity index (χ1v) is 13.1. The summed E-state index contributed by atoms with van der Waals surface area (Å²) in [6, 6.07) is 1.48. The Morgan fingerprint density at radius 1 is 1.00 bits per heavy atom. The Hall–Kier alpha value is -1.96. The lowest BCUT2D eigenvalue weighted by atomic mass is 9.96. The summed E-state index contributed by atoms with van der Waals surface area (Å²) in [5, 5.41) is 10.9. The summed E-state index contributed by atoms with van der Waals surface area (Å²) in [4.78, 5) is 12.8. The third-order valence-corrected chi connectivity index (χ3v) is 7.30. The molecule has 1 saturated heterocycles. The van der Waals surface area contributed by atoms with E-state index >= 15 is 0 Å². The van der Waals surface area contributed by atoms with Gasteiger partial charge in [-0.25, -0.2) is 4.98 Å². The highest BCUT2D eigenvalue weighted by atomic mass is 35.5. The van der Waals surface area contributed by atoms with Crippen LogP contribution in [-0.4, -0.2) is 65.4 Å². The minimum absolute atomic E-state index is 0.00875. The molecule has 1 N–H and O–H groups in total. The van der Waals surface area contributed by atoms with Gasteiger partial charge in [0.05, 0.1) is 10.0 Å². The zero-order chi connectivity index (χ0) is 24.1. The zero-order valence-corrected chi connectivity index (χ0v) is 21.5. The van der Waals surface area contributed by atoms with Gasteiger partial charge in [0.15, 0.2) is 11.5 Å². The van der Waals surface area contributed by atoms with E-state index in [0.29, 0.717) is 34.1 Å². The average molecular weight is 509 g/mol. The van der Waals surface area contributed by atoms with Crippen LogP contribution in [0.15, 0.2) is 12.3 Å². The predicted molar refractivity (Wildman–Crippen MR) is 136 cm³/mol. The molecule has 3 heterocycles. The number of rotatable bonds is 9. The lowest BCUT2D eigenvalue weighted by Gasteiger charge is -2.37. The van der Waals surface area contributed by atoms with E-state index in [1.54, 1.807) is 6.20 Å². The number of benzene rings is 1. The predicted octanol–water partition coefficient (Wildman–Crippen LogP) is 5.14. The monoisotopic (exact) mass is 508 g/mol. The molecule has 2 aliphatic rings. The topological polar surface area (TPSA) is 71.0 Å². The molecule has 1 aromatic heterocycles. The quantitative estimate of drug-likeness (QED) is 0.502. The van der Waals surface area contributed by atoms with Crippen LogP contribution >= 0.6 is 23.2 Å². The first kappa shape index (κ1) is 25.1. The molecule has 2 aliphatic heterocycles. The van der Waals surface area contributed by atoms with E-state index in [2.05, 4.69) is 33.6 Å². The molecule has 1 aromatic carbocycles. The molecule has 0 radical (unpaired) electrons. The second-order valence-electron chi connectivity index (χ2n) is 9.00. The molecule has 1 fully saturated rings. The second kappa shape index (κ2) is 11.6. The van der Waals surface area contributed by atoms with Gasteiger partial charge in [-0.2, -0.15) is 4.98 Å². The molecular formula is C25H34Cl2N4O3. The standard InChI is InChI=1S/C25H34Cl2N4O3/c1-3-5-7-18-19(8-6-4-2)22(27)24-23(21(18)26)33-16-17(34-24)15-30-11-13-31(14-12-30)25-28-10-9-20(32)29-25/h9-10,17H,3-8,11-16H2,1-2H3,(H,28,29,32). The number of hydrogen-bond acceptors (Lipinski definition) is 7. The third kappa shape index (κ3) is 5.64. The molecule has 0 saturated carbocycles. The molecule has 34 heavy (non-hydrogen) atoms. The summed E-state index contributed by atoms with van der Waals surface area (Å²) in [5.74, 6) is 1.75. The molecular weight excluding hydrogens is 475 g/mol. The number of nitrogens with zero attached hydrogens (tertiary/aromatic N) is 4. The van der Waals surface area contributed by atoms with E-state index in [0.717, 1.165) is 82.4 Å². The normalized spacial score (nSPS) is 18.4. The van der Waals surface area contributed by atoms with Crippen LogP contribution in [0.1, 0.15) is 50.7 Å². The average Bonchev–Trinajstić information content (AvgIpc) is 2.85. The van der Waals surface area contributed by atoms with Gasteiger partial charge < -0.3 is 19.5 Å². The molecule has 0 bridgehead atoms. The van der Waals surface area contributed by atoms with Gasteiger partial charge in [0.2, 0.25) is 11.8 Å². The van der Waals surface area contributed by atoms with E-state index < -0.39 is 0 Å². The van der Waals surface area contributed by atoms with Crippen molar-refractivity contribution in [3.05, 3.63) is 33.4 Å². The van der Waals surface area contributed by atoms with Crippen molar-refractivity contribution in [2.75, 3.05) is 44.2 Å². The molecule has 7 nitrogen and oxygen atoms in total. The molecule has 0 spiro atoms. The Morgan fingerprint density at radius 3 is 2.26 bits per heavy atom. The highest BCUT2D eigenvalue weighted by Crippen LogP contribution is 2.49. The number of fused-ring (bicyclic) bond motifs is 1. The van der Waals surface area contributed by atoms with Crippen LogP contribution in [0.5, 0.6) is 17.4 Å². The fourth-order valence-corrected chi connectivity index (χ4v) is 5.27. The molecule has 4 rings (SSSR count). The molecule has 186 valence electrons. The molecule has 1 atom stereocenters. The first-order valence-electron chi connectivity index (χ1n) is 12.3. The van der Waals surface area contributed by atoms with Gasteiger partial charge in [-0.1, -0.05) is 49.9 Å². The number of unbranched alkanes of at least 4 members (excludes halogenated alkanes) is 2. The molecule has 0 aliphatic carbocycles. The fourth-order valence-electron chi connectivity index (χ4n) is 4.58. The first-order chi connectivity index (χ1) is 16.5. The Morgan fingerprint density at radius 2 is 1.65 bits per heavy atom. The lowest BCUT2D eigenvalue weighted by Crippen LogP contribution is -2.51. The summed E-state index contributed by atoms with van der Waals surface area (Å²) in [7, 11) is 0. The van der Waals surface area contributed by atoms with Crippen LogP contribution in [0.4, 0.5) is 5.95 Å². The van der Waals surface area contributed by atoms with Gasteiger partial charge in [0, 0.05) is 45.0 Å². The van der Waals surface area contributed by atoms with E-state index in [9.17, 15) is 5.11 Å². The molecule has 2 aromatic rings. The Kier molecular flexibility index (Phi) is 8.61. The summed E-state index contributed by atoms with van der Waals surface area (Å²) in [5.41, 5.74) is 2.23. The Balaban J connectivity index is 1.43. The fraction of sp³-hybridized carbons (Fsp3) is 0.600. The third-order valence-electron chi connectivity index (χ3n) is 6.50. The van der Waals surface area contributed by atoms with Crippen LogP contribution < -0.4 is 14.4 Å². The van der Waals surface area contributed by atoms with Crippen LogP contribution in [0.2, 0.25) is 10.0 Å². The summed E-state index contributed by atoms with van der Waals surface area (Å²) in [6.07, 6.45) is 7.58. The van der Waals surface area contributed by atoms with Crippen molar-refractivity contribution in [1.29, 1.82) is 0 Å². The van der Waals surface area contributed by atoms with Crippen LogP contribution in [0, 0.1) is 0 Å². The van der Waals surface area contributed by atoms with E-state index in [4.69, 9.17) is 32.7 Å². The van der Waals surface area contributed by atoms with Crippen LogP contribution in [-0.2, 0) is 12.8 Å². The zero-order valence-electron chi connectivity index (χ0n) is 20.0. The molecule has 9 heteroatoms. The number of ether oxygens (including phenoxy) is 2. The SMILES string of the molecule is CCCCc1c(Cl)c2c(c(Cl)c1CCCC)OC(CN1CCN(c3nccc(O)n3)CC1)CO2. The van der Waals surface area contributed by atoms with Crippen molar-refractivity contribution >= 4 is 29.2 Å². The number of aromatic hydroxyl groups is 1.